The van der Waals surface area contributed by atoms with Crippen LogP contribution in [-0.4, -0.2) is 27.8 Å². The Bertz CT molecular complexity index is 651. The number of H-pyrrole nitrogens is 1. The van der Waals surface area contributed by atoms with Crippen LogP contribution in [0.25, 0.3) is 0 Å². The number of nitrogens with zero attached hydrogens (tertiary/aromatic N) is 1. The van der Waals surface area contributed by atoms with Crippen LogP contribution in [-0.2, 0) is 0 Å². The number of aromatic nitrogens is 2. The van der Waals surface area contributed by atoms with Gasteiger partial charge in [0.2, 0.25) is 0 Å². The Morgan fingerprint density at radius 1 is 1.45 bits per heavy atom. The van der Waals surface area contributed by atoms with Crippen LogP contribution in [0, 0.1) is 18.8 Å². The Morgan fingerprint density at radius 3 is 3.00 bits per heavy atom. The van der Waals surface area contributed by atoms with Crippen LogP contribution in [0.15, 0.2) is 30.5 Å². The highest BCUT2D eigenvalue weighted by Crippen LogP contribution is 2.17. The molecule has 1 aromatic heterocycles. The van der Waals surface area contributed by atoms with E-state index < -0.39 is 0 Å². The zero-order valence-corrected chi connectivity index (χ0v) is 11.1. The van der Waals surface area contributed by atoms with Gasteiger partial charge in [-0.2, -0.15) is 5.10 Å². The van der Waals surface area contributed by atoms with Gasteiger partial charge in [0.1, 0.15) is 5.69 Å². The number of aromatic amines is 1. The summed E-state index contributed by atoms with van der Waals surface area (Å²) in [4.78, 5) is 12.0. The first-order valence-electron chi connectivity index (χ1n) is 6.22. The van der Waals surface area contributed by atoms with Crippen molar-refractivity contribution in [2.75, 3.05) is 11.9 Å². The van der Waals surface area contributed by atoms with E-state index in [9.17, 15) is 4.79 Å². The highest BCUT2D eigenvalue weighted by Gasteiger charge is 2.09. The van der Waals surface area contributed by atoms with Gasteiger partial charge in [0.15, 0.2) is 0 Å². The second-order valence-corrected chi connectivity index (χ2v) is 4.25. The van der Waals surface area contributed by atoms with E-state index in [1.807, 2.05) is 25.1 Å². The minimum Gasteiger partial charge on any atom is -0.395 e. The van der Waals surface area contributed by atoms with Gasteiger partial charge in [0, 0.05) is 18.2 Å². The monoisotopic (exact) mass is 269 g/mol. The highest BCUT2D eigenvalue weighted by atomic mass is 16.2. The van der Waals surface area contributed by atoms with Gasteiger partial charge in [0.25, 0.3) is 5.91 Å². The molecule has 1 aromatic carbocycles. The molecule has 20 heavy (non-hydrogen) atoms. The van der Waals surface area contributed by atoms with Crippen LogP contribution in [0.3, 0.4) is 0 Å². The highest BCUT2D eigenvalue weighted by molar-refractivity contribution is 6.03. The maximum atomic E-state index is 12.0. The van der Waals surface area contributed by atoms with Crippen LogP contribution in [0.5, 0.6) is 0 Å². The Balaban J connectivity index is 2.24. The molecular weight excluding hydrogens is 254 g/mol. The van der Waals surface area contributed by atoms with Crippen LogP contribution in [0.2, 0.25) is 0 Å². The molecule has 5 nitrogen and oxygen atoms in total. The molecule has 0 aliphatic rings. The number of carbonyl (C=O) groups excluding carboxylic acids is 1. The molecule has 5 heteroatoms. The van der Waals surface area contributed by atoms with E-state index in [-0.39, 0.29) is 12.5 Å². The van der Waals surface area contributed by atoms with Crippen molar-refractivity contribution in [3.63, 3.8) is 0 Å². The van der Waals surface area contributed by atoms with E-state index in [1.54, 1.807) is 6.07 Å². The minimum atomic E-state index is -0.265. The third kappa shape index (κ3) is 3.46. The first-order valence-corrected chi connectivity index (χ1v) is 6.22. The van der Waals surface area contributed by atoms with Crippen molar-refractivity contribution in [2.24, 2.45) is 0 Å². The summed E-state index contributed by atoms with van der Waals surface area (Å²) < 4.78 is 0. The molecule has 3 N–H and O–H groups in total. The average Bonchev–Trinajstić information content (AvgIpc) is 2.95. The molecule has 0 saturated carbocycles. The smallest absolute Gasteiger partial charge is 0.273 e. The Labute approximate surface area is 117 Å². The molecular formula is C15H15N3O2. The minimum absolute atomic E-state index is 0.0225. The Morgan fingerprint density at radius 2 is 2.30 bits per heavy atom. The van der Waals surface area contributed by atoms with Crippen molar-refractivity contribution >= 4 is 11.6 Å². The lowest BCUT2D eigenvalue weighted by Crippen LogP contribution is -2.13. The van der Waals surface area contributed by atoms with Crippen LogP contribution in [0.4, 0.5) is 5.69 Å². The summed E-state index contributed by atoms with van der Waals surface area (Å²) in [7, 11) is 0. The van der Waals surface area contributed by atoms with Crippen LogP contribution < -0.4 is 5.32 Å². The topological polar surface area (TPSA) is 78.0 Å². The van der Waals surface area contributed by atoms with Crippen molar-refractivity contribution in [1.82, 2.24) is 10.2 Å². The maximum Gasteiger partial charge on any atom is 0.273 e. The number of amides is 1. The van der Waals surface area contributed by atoms with Gasteiger partial charge in [0.05, 0.1) is 12.3 Å². The van der Waals surface area contributed by atoms with E-state index in [1.165, 1.54) is 6.20 Å². The maximum absolute atomic E-state index is 12.0. The number of hydrogen-bond donors (Lipinski definition) is 3. The number of aryl methyl sites for hydroxylation is 1. The fourth-order valence-corrected chi connectivity index (χ4v) is 1.66. The lowest BCUT2D eigenvalue weighted by molar-refractivity contribution is 0.102. The number of hydrogen-bond acceptors (Lipinski definition) is 3. The quantitative estimate of drug-likeness (QED) is 0.742. The van der Waals surface area contributed by atoms with E-state index >= 15 is 0 Å². The SMILES string of the molecule is Cc1ccc(C#CCCO)c(NC(=O)c2ccn[nH]2)c1. The summed E-state index contributed by atoms with van der Waals surface area (Å²) in [5.74, 6) is 5.52. The number of carbonyl (C=O) groups is 1. The number of rotatable bonds is 3. The summed E-state index contributed by atoms with van der Waals surface area (Å²) in [6, 6.07) is 7.23. The van der Waals surface area contributed by atoms with Gasteiger partial charge in [-0.05, 0) is 30.7 Å². The zero-order chi connectivity index (χ0) is 14.4. The summed E-state index contributed by atoms with van der Waals surface area (Å²) in [6.07, 6.45) is 1.93. The number of nitrogens with one attached hydrogen (secondary N) is 2. The number of anilines is 1. The molecule has 1 heterocycles. The van der Waals surface area contributed by atoms with E-state index in [0.29, 0.717) is 17.8 Å². The summed E-state index contributed by atoms with van der Waals surface area (Å²) >= 11 is 0. The van der Waals surface area contributed by atoms with E-state index in [0.717, 1.165) is 11.1 Å². The molecule has 1 amide bonds. The standard InChI is InChI=1S/C15H15N3O2/c1-11-5-6-12(4-2-3-9-19)14(10-11)17-15(20)13-7-8-16-18-13/h5-8,10,19H,3,9H2,1H3,(H,16,18)(H,17,20). The van der Waals surface area contributed by atoms with Crippen LogP contribution in [0.1, 0.15) is 28.0 Å². The second-order valence-electron chi connectivity index (χ2n) is 4.25. The molecule has 0 atom stereocenters. The van der Waals surface area contributed by atoms with Gasteiger partial charge in [-0.15, -0.1) is 0 Å². The van der Waals surface area contributed by atoms with Crippen molar-refractivity contribution in [3.8, 4) is 11.8 Å². The van der Waals surface area contributed by atoms with Crippen molar-refractivity contribution in [3.05, 3.63) is 47.3 Å². The van der Waals surface area contributed by atoms with Crippen LogP contribution >= 0.6 is 0 Å². The predicted molar refractivity (Wildman–Crippen MR) is 76.3 cm³/mol. The Kier molecular flexibility index (Phi) is 4.53. The summed E-state index contributed by atoms with van der Waals surface area (Å²) in [5.41, 5.74) is 2.78. The third-order valence-electron chi connectivity index (χ3n) is 2.63. The lowest BCUT2D eigenvalue weighted by atomic mass is 10.1. The number of aliphatic hydroxyl groups excluding tert-OH is 1. The van der Waals surface area contributed by atoms with Crippen molar-refractivity contribution in [2.45, 2.75) is 13.3 Å². The summed E-state index contributed by atoms with van der Waals surface area (Å²) in [5, 5.41) is 17.9. The molecule has 2 rings (SSSR count). The van der Waals surface area contributed by atoms with Gasteiger partial charge in [-0.1, -0.05) is 17.9 Å². The van der Waals surface area contributed by atoms with Crippen molar-refractivity contribution in [1.29, 1.82) is 0 Å². The first kappa shape index (κ1) is 13.8. The number of aliphatic hydroxyl groups is 1. The van der Waals surface area contributed by atoms with Gasteiger partial charge < -0.3 is 10.4 Å². The normalized spacial score (nSPS) is 9.70. The molecule has 2 aromatic rings. The second kappa shape index (κ2) is 6.55. The Hall–Kier alpha value is -2.58. The fourth-order valence-electron chi connectivity index (χ4n) is 1.66. The molecule has 0 spiro atoms. The fraction of sp³-hybridized carbons (Fsp3) is 0.200. The number of benzene rings is 1. The summed E-state index contributed by atoms with van der Waals surface area (Å²) in [6.45, 7) is 1.96. The molecule has 0 saturated heterocycles. The third-order valence-corrected chi connectivity index (χ3v) is 2.63. The lowest BCUT2D eigenvalue weighted by Gasteiger charge is -2.07. The molecule has 0 fully saturated rings. The molecule has 0 bridgehead atoms. The first-order chi connectivity index (χ1) is 9.70. The average molecular weight is 269 g/mol. The van der Waals surface area contributed by atoms with Crippen molar-refractivity contribution < 1.29 is 9.90 Å². The molecule has 0 aliphatic carbocycles. The zero-order valence-electron chi connectivity index (χ0n) is 11.1. The van der Waals surface area contributed by atoms with E-state index in [2.05, 4.69) is 27.4 Å². The predicted octanol–water partition coefficient (Wildman–Crippen LogP) is 1.70. The molecule has 0 unspecified atom stereocenters. The van der Waals surface area contributed by atoms with Gasteiger partial charge >= 0.3 is 0 Å². The van der Waals surface area contributed by atoms with E-state index in [4.69, 9.17) is 5.11 Å². The molecule has 102 valence electrons. The molecule has 0 aliphatic heterocycles. The largest absolute Gasteiger partial charge is 0.395 e. The van der Waals surface area contributed by atoms with Gasteiger partial charge in [-0.3, -0.25) is 9.89 Å². The van der Waals surface area contributed by atoms with Gasteiger partial charge in [-0.25, -0.2) is 0 Å². The molecule has 0 radical (unpaired) electrons.